The molecule has 0 fully saturated rings. The maximum Gasteiger partial charge on any atom is 0.0701 e. The molecule has 4 nitrogen and oxygen atoms in total. The molecular weight excluding hydrogens is 406 g/mol. The Morgan fingerprint density at radius 1 is 0.758 bits per heavy atom. The van der Waals surface area contributed by atoms with Gasteiger partial charge in [0.25, 0.3) is 0 Å². The highest BCUT2D eigenvalue weighted by Crippen LogP contribution is 2.35. The summed E-state index contributed by atoms with van der Waals surface area (Å²) in [5, 5.41) is 11.2. The molecule has 1 aromatic heterocycles. The number of para-hydroxylation sites is 2. The zero-order chi connectivity index (χ0) is 23.2. The number of nitrogens with two attached hydrogens (primary N) is 2. The van der Waals surface area contributed by atoms with Crippen LogP contribution in [0.2, 0.25) is 0 Å². The number of benzene rings is 3. The molecule has 0 amide bonds. The third-order valence-corrected chi connectivity index (χ3v) is 6.42. The van der Waals surface area contributed by atoms with Crippen LogP contribution in [-0.4, -0.2) is 16.2 Å². The highest BCUT2D eigenvalue weighted by Gasteiger charge is 2.24. The van der Waals surface area contributed by atoms with Crippen molar-refractivity contribution < 1.29 is 5.11 Å². The Morgan fingerprint density at radius 3 is 1.97 bits per heavy atom. The lowest BCUT2D eigenvalue weighted by molar-refractivity contribution is 0.131. The molecule has 0 aliphatic carbocycles. The number of aromatic nitrogens is 1. The fourth-order valence-electron chi connectivity index (χ4n) is 4.46. The van der Waals surface area contributed by atoms with Crippen molar-refractivity contribution in [2.45, 2.75) is 37.7 Å². The standard InChI is InChI=1S/C29H31N3O/c1-20(24-8-2-4-10-26(24)30)29(33)19-23(25-9-3-5-11-27(25)31)18-21-13-15-22(16-14-21)28-12-6-7-17-32-28/h2-17,20,23,29,33H,18-19,30-31H2,1H3/t20-,23-,29-/m0/s1. The van der Waals surface area contributed by atoms with Crippen molar-refractivity contribution in [2.24, 2.45) is 0 Å². The van der Waals surface area contributed by atoms with E-state index < -0.39 is 6.10 Å². The molecule has 0 aliphatic heterocycles. The molecule has 4 aromatic rings. The Labute approximate surface area is 195 Å². The van der Waals surface area contributed by atoms with Gasteiger partial charge in [-0.05, 0) is 59.7 Å². The molecule has 4 heteroatoms. The topological polar surface area (TPSA) is 85.2 Å². The molecule has 168 valence electrons. The highest BCUT2D eigenvalue weighted by molar-refractivity contribution is 5.59. The van der Waals surface area contributed by atoms with Gasteiger partial charge in [-0.25, -0.2) is 0 Å². The molecule has 5 N–H and O–H groups in total. The van der Waals surface area contributed by atoms with E-state index in [1.165, 1.54) is 5.56 Å². The quantitative estimate of drug-likeness (QED) is 0.304. The second-order valence-electron chi connectivity index (χ2n) is 8.66. The monoisotopic (exact) mass is 437 g/mol. The molecule has 0 radical (unpaired) electrons. The van der Waals surface area contributed by atoms with Crippen LogP contribution < -0.4 is 11.5 Å². The summed E-state index contributed by atoms with van der Waals surface area (Å²) >= 11 is 0. The summed E-state index contributed by atoms with van der Waals surface area (Å²) in [6.45, 7) is 2.03. The predicted octanol–water partition coefficient (Wildman–Crippen LogP) is 5.79. The fourth-order valence-corrected chi connectivity index (χ4v) is 4.46. The molecule has 3 atom stereocenters. The van der Waals surface area contributed by atoms with Gasteiger partial charge in [0.15, 0.2) is 0 Å². The lowest BCUT2D eigenvalue weighted by Gasteiger charge is -2.27. The lowest BCUT2D eigenvalue weighted by atomic mass is 9.82. The third kappa shape index (κ3) is 5.41. The van der Waals surface area contributed by atoms with Crippen molar-refractivity contribution in [3.63, 3.8) is 0 Å². The highest BCUT2D eigenvalue weighted by atomic mass is 16.3. The first kappa shape index (κ1) is 22.6. The van der Waals surface area contributed by atoms with Crippen LogP contribution in [0.1, 0.15) is 41.9 Å². The van der Waals surface area contributed by atoms with Gasteiger partial charge in [0, 0.05) is 29.1 Å². The van der Waals surface area contributed by atoms with Crippen molar-refractivity contribution in [1.82, 2.24) is 4.98 Å². The van der Waals surface area contributed by atoms with E-state index in [-0.39, 0.29) is 11.8 Å². The van der Waals surface area contributed by atoms with Crippen LogP contribution in [0.3, 0.4) is 0 Å². The fraction of sp³-hybridized carbons (Fsp3) is 0.207. The Morgan fingerprint density at radius 2 is 1.36 bits per heavy atom. The van der Waals surface area contributed by atoms with E-state index in [9.17, 15) is 5.11 Å². The van der Waals surface area contributed by atoms with E-state index >= 15 is 0 Å². The third-order valence-electron chi connectivity index (χ3n) is 6.42. The number of nitrogen functional groups attached to an aromatic ring is 2. The largest absolute Gasteiger partial charge is 0.398 e. The Bertz CT molecular complexity index is 1170. The number of aliphatic hydroxyl groups excluding tert-OH is 1. The van der Waals surface area contributed by atoms with Crippen LogP contribution in [0, 0.1) is 0 Å². The smallest absolute Gasteiger partial charge is 0.0701 e. The summed E-state index contributed by atoms with van der Waals surface area (Å²) in [5.74, 6) is -0.000505. The van der Waals surface area contributed by atoms with Gasteiger partial charge in [0.2, 0.25) is 0 Å². The first-order chi connectivity index (χ1) is 16.0. The zero-order valence-electron chi connectivity index (χ0n) is 18.9. The van der Waals surface area contributed by atoms with E-state index in [2.05, 4.69) is 35.3 Å². The van der Waals surface area contributed by atoms with Crippen molar-refractivity contribution in [2.75, 3.05) is 11.5 Å². The molecule has 0 saturated carbocycles. The zero-order valence-corrected chi connectivity index (χ0v) is 18.9. The van der Waals surface area contributed by atoms with Crippen LogP contribution in [0.5, 0.6) is 0 Å². The van der Waals surface area contributed by atoms with Crippen LogP contribution in [0.4, 0.5) is 11.4 Å². The van der Waals surface area contributed by atoms with E-state index in [0.29, 0.717) is 12.1 Å². The van der Waals surface area contributed by atoms with E-state index in [4.69, 9.17) is 11.5 Å². The molecule has 3 aromatic carbocycles. The summed E-state index contributed by atoms with van der Waals surface area (Å²) in [6.07, 6.45) is 2.63. The van der Waals surface area contributed by atoms with Crippen molar-refractivity contribution >= 4 is 11.4 Å². The normalized spacial score (nSPS) is 13.9. The minimum absolute atomic E-state index is 0.0780. The maximum absolute atomic E-state index is 11.2. The van der Waals surface area contributed by atoms with Gasteiger partial charge >= 0.3 is 0 Å². The molecule has 0 bridgehead atoms. The van der Waals surface area contributed by atoms with Crippen LogP contribution in [-0.2, 0) is 6.42 Å². The number of rotatable bonds is 8. The average Bonchev–Trinajstić information content (AvgIpc) is 2.85. The Balaban J connectivity index is 1.57. The summed E-state index contributed by atoms with van der Waals surface area (Å²) in [7, 11) is 0. The predicted molar refractivity (Wildman–Crippen MR) is 137 cm³/mol. The van der Waals surface area contributed by atoms with Gasteiger partial charge in [0.05, 0.1) is 11.8 Å². The molecule has 0 unspecified atom stereocenters. The van der Waals surface area contributed by atoms with E-state index in [1.54, 1.807) is 6.20 Å². The number of hydrogen-bond acceptors (Lipinski definition) is 4. The second-order valence-corrected chi connectivity index (χ2v) is 8.66. The van der Waals surface area contributed by atoms with Gasteiger partial charge < -0.3 is 16.6 Å². The molecule has 0 spiro atoms. The second kappa shape index (κ2) is 10.3. The van der Waals surface area contributed by atoms with Crippen LogP contribution in [0.25, 0.3) is 11.3 Å². The summed E-state index contributed by atoms with van der Waals surface area (Å²) in [6, 6.07) is 30.1. The van der Waals surface area contributed by atoms with E-state index in [0.717, 1.165) is 34.5 Å². The van der Waals surface area contributed by atoms with Gasteiger partial charge in [-0.15, -0.1) is 0 Å². The molecular formula is C29H31N3O. The number of hydrogen-bond donors (Lipinski definition) is 3. The van der Waals surface area contributed by atoms with Crippen LogP contribution >= 0.6 is 0 Å². The summed E-state index contributed by atoms with van der Waals surface area (Å²) in [4.78, 5) is 4.43. The number of aliphatic hydroxyl groups is 1. The van der Waals surface area contributed by atoms with Gasteiger partial charge in [-0.1, -0.05) is 73.7 Å². The Hall–Kier alpha value is -3.63. The first-order valence-corrected chi connectivity index (χ1v) is 11.4. The van der Waals surface area contributed by atoms with Gasteiger partial charge in [0.1, 0.15) is 0 Å². The van der Waals surface area contributed by atoms with Crippen molar-refractivity contribution in [3.05, 3.63) is 114 Å². The summed E-state index contributed by atoms with van der Waals surface area (Å²) < 4.78 is 0. The molecule has 4 rings (SSSR count). The van der Waals surface area contributed by atoms with Crippen molar-refractivity contribution in [1.29, 1.82) is 0 Å². The molecule has 0 aliphatic rings. The minimum atomic E-state index is -0.549. The van der Waals surface area contributed by atoms with Gasteiger partial charge in [-0.2, -0.15) is 0 Å². The molecule has 1 heterocycles. The van der Waals surface area contributed by atoms with Crippen molar-refractivity contribution in [3.8, 4) is 11.3 Å². The Kier molecular flexibility index (Phi) is 7.06. The van der Waals surface area contributed by atoms with E-state index in [1.807, 2.05) is 67.6 Å². The maximum atomic E-state index is 11.2. The molecule has 33 heavy (non-hydrogen) atoms. The van der Waals surface area contributed by atoms with Crippen LogP contribution in [0.15, 0.2) is 97.2 Å². The number of pyridine rings is 1. The lowest BCUT2D eigenvalue weighted by Crippen LogP contribution is -2.21. The summed E-state index contributed by atoms with van der Waals surface area (Å²) in [5.41, 5.74) is 19.3. The SMILES string of the molecule is C[C@@H](c1ccccc1N)[C@@H](O)C[C@H](Cc1ccc(-c2ccccn2)cc1)c1ccccc1N. The minimum Gasteiger partial charge on any atom is -0.398 e. The average molecular weight is 438 g/mol. The number of anilines is 2. The molecule has 0 saturated heterocycles. The number of nitrogens with zero attached hydrogens (tertiary/aromatic N) is 1. The first-order valence-electron chi connectivity index (χ1n) is 11.4. The van der Waals surface area contributed by atoms with Gasteiger partial charge in [-0.3, -0.25) is 4.98 Å².